The maximum Gasteiger partial charge on any atom is 0.332 e. The highest BCUT2D eigenvalue weighted by atomic mass is 16.6. The topological polar surface area (TPSA) is 47.6 Å². The van der Waals surface area contributed by atoms with Gasteiger partial charge in [0.2, 0.25) is 0 Å². The molecule has 0 rings (SSSR count). The van der Waals surface area contributed by atoms with E-state index in [0.29, 0.717) is 12.5 Å². The van der Waals surface area contributed by atoms with Crippen LogP contribution in [0.25, 0.3) is 0 Å². The second-order valence-electron chi connectivity index (χ2n) is 3.83. The van der Waals surface area contributed by atoms with Crippen molar-refractivity contribution in [2.24, 2.45) is 11.8 Å². The van der Waals surface area contributed by atoms with E-state index in [1.165, 1.54) is 13.2 Å². The standard InChI is InChI=1S/C12H23NO3/c1-6-9(3)10(4)11(13-15-5)8-12(14)16-7-2/h8-10,13H,6-7H2,1-5H3. The minimum Gasteiger partial charge on any atom is -0.463 e. The molecule has 0 aliphatic rings. The van der Waals surface area contributed by atoms with Crippen molar-refractivity contribution in [3.05, 3.63) is 11.8 Å². The van der Waals surface area contributed by atoms with Crippen molar-refractivity contribution >= 4 is 5.97 Å². The molecule has 0 fully saturated rings. The Bertz CT molecular complexity index is 238. The Labute approximate surface area is 98.0 Å². The van der Waals surface area contributed by atoms with Crippen LogP contribution in [0.3, 0.4) is 0 Å². The summed E-state index contributed by atoms with van der Waals surface area (Å²) in [6.07, 6.45) is 2.51. The Balaban J connectivity index is 4.63. The zero-order valence-corrected chi connectivity index (χ0v) is 10.9. The van der Waals surface area contributed by atoms with Crippen LogP contribution in [0.15, 0.2) is 11.8 Å². The number of nitrogens with one attached hydrogen (secondary N) is 1. The van der Waals surface area contributed by atoms with Crippen molar-refractivity contribution in [3.8, 4) is 0 Å². The first-order valence-electron chi connectivity index (χ1n) is 5.74. The summed E-state index contributed by atoms with van der Waals surface area (Å²) < 4.78 is 4.87. The molecule has 4 nitrogen and oxygen atoms in total. The predicted molar refractivity (Wildman–Crippen MR) is 63.5 cm³/mol. The molecule has 0 aromatic heterocycles. The Morgan fingerprint density at radius 2 is 2.00 bits per heavy atom. The fourth-order valence-electron chi connectivity index (χ4n) is 1.34. The molecule has 94 valence electrons. The average molecular weight is 229 g/mol. The van der Waals surface area contributed by atoms with Crippen LogP contribution in [-0.2, 0) is 14.4 Å². The molecule has 0 bridgehead atoms. The smallest absolute Gasteiger partial charge is 0.332 e. The Morgan fingerprint density at radius 3 is 2.44 bits per heavy atom. The molecule has 0 aliphatic heterocycles. The number of esters is 1. The van der Waals surface area contributed by atoms with Crippen LogP contribution in [0.4, 0.5) is 0 Å². The number of hydrogen-bond donors (Lipinski definition) is 1. The Kier molecular flexibility index (Phi) is 7.64. The lowest BCUT2D eigenvalue weighted by Gasteiger charge is -2.21. The van der Waals surface area contributed by atoms with Crippen molar-refractivity contribution in [1.29, 1.82) is 0 Å². The number of rotatable bonds is 7. The summed E-state index contributed by atoms with van der Waals surface area (Å²) in [5, 5.41) is 0. The summed E-state index contributed by atoms with van der Waals surface area (Å²) in [6.45, 7) is 8.49. The summed E-state index contributed by atoms with van der Waals surface area (Å²) in [5.41, 5.74) is 3.51. The number of ether oxygens (including phenoxy) is 1. The quantitative estimate of drug-likeness (QED) is 0.413. The summed E-state index contributed by atoms with van der Waals surface area (Å²) >= 11 is 0. The molecule has 1 N–H and O–H groups in total. The van der Waals surface area contributed by atoms with E-state index < -0.39 is 0 Å². The van der Waals surface area contributed by atoms with Crippen molar-refractivity contribution in [1.82, 2.24) is 5.48 Å². The third-order valence-electron chi connectivity index (χ3n) is 2.77. The average Bonchev–Trinajstić information content (AvgIpc) is 2.26. The Morgan fingerprint density at radius 1 is 1.38 bits per heavy atom. The van der Waals surface area contributed by atoms with Gasteiger partial charge in [-0.1, -0.05) is 27.2 Å². The number of allylic oxidation sites excluding steroid dienone is 1. The maximum atomic E-state index is 11.3. The molecule has 0 radical (unpaired) electrons. The van der Waals surface area contributed by atoms with Crippen LogP contribution < -0.4 is 5.48 Å². The van der Waals surface area contributed by atoms with E-state index in [1.54, 1.807) is 6.92 Å². The van der Waals surface area contributed by atoms with Crippen LogP contribution in [0.5, 0.6) is 0 Å². The van der Waals surface area contributed by atoms with Crippen LogP contribution in [0.1, 0.15) is 34.1 Å². The molecule has 4 heteroatoms. The van der Waals surface area contributed by atoms with E-state index >= 15 is 0 Å². The minimum atomic E-state index is -0.336. The second kappa shape index (κ2) is 8.16. The normalized spacial score (nSPS) is 15.4. The van der Waals surface area contributed by atoms with Crippen molar-refractivity contribution in [3.63, 3.8) is 0 Å². The second-order valence-corrected chi connectivity index (χ2v) is 3.83. The SMILES string of the molecule is CCOC(=O)C=C(NOC)C(C)C(C)CC. The van der Waals surface area contributed by atoms with Gasteiger partial charge < -0.3 is 4.74 Å². The molecule has 0 heterocycles. The first-order valence-corrected chi connectivity index (χ1v) is 5.74. The highest BCUT2D eigenvalue weighted by Gasteiger charge is 2.16. The maximum absolute atomic E-state index is 11.3. The van der Waals surface area contributed by atoms with Gasteiger partial charge in [-0.2, -0.15) is 0 Å². The molecule has 0 aromatic carbocycles. The van der Waals surface area contributed by atoms with Crippen molar-refractivity contribution < 1.29 is 14.4 Å². The Hall–Kier alpha value is -1.03. The molecule has 2 atom stereocenters. The predicted octanol–water partition coefficient (Wildman–Crippen LogP) is 2.27. The van der Waals surface area contributed by atoms with Gasteiger partial charge in [-0.25, -0.2) is 4.79 Å². The van der Waals surface area contributed by atoms with Gasteiger partial charge in [0, 0.05) is 17.7 Å². The fourth-order valence-corrected chi connectivity index (χ4v) is 1.34. The first-order chi connectivity index (χ1) is 7.56. The van der Waals surface area contributed by atoms with Gasteiger partial charge in [0.15, 0.2) is 0 Å². The van der Waals surface area contributed by atoms with Gasteiger partial charge in [0.05, 0.1) is 13.7 Å². The van der Waals surface area contributed by atoms with E-state index in [0.717, 1.165) is 12.1 Å². The molecule has 2 unspecified atom stereocenters. The molecule has 0 saturated heterocycles. The van der Waals surface area contributed by atoms with Crippen LogP contribution in [0, 0.1) is 11.8 Å². The van der Waals surface area contributed by atoms with Crippen molar-refractivity contribution in [2.75, 3.05) is 13.7 Å². The van der Waals surface area contributed by atoms with Crippen LogP contribution in [-0.4, -0.2) is 19.7 Å². The van der Waals surface area contributed by atoms with E-state index in [1.807, 2.05) is 0 Å². The molecule has 0 aliphatic carbocycles. The number of carbonyl (C=O) groups is 1. The first kappa shape index (κ1) is 15.0. The number of carbonyl (C=O) groups excluding carboxylic acids is 1. The van der Waals surface area contributed by atoms with E-state index in [-0.39, 0.29) is 11.9 Å². The van der Waals surface area contributed by atoms with Crippen molar-refractivity contribution in [2.45, 2.75) is 34.1 Å². The number of hydrogen-bond acceptors (Lipinski definition) is 4. The summed E-state index contributed by atoms with van der Waals surface area (Å²) in [6, 6.07) is 0. The highest BCUT2D eigenvalue weighted by molar-refractivity contribution is 5.82. The zero-order valence-electron chi connectivity index (χ0n) is 10.9. The minimum absolute atomic E-state index is 0.231. The van der Waals surface area contributed by atoms with Gasteiger partial charge in [-0.3, -0.25) is 10.3 Å². The van der Waals surface area contributed by atoms with E-state index in [2.05, 4.69) is 26.3 Å². The highest BCUT2D eigenvalue weighted by Crippen LogP contribution is 2.21. The van der Waals surface area contributed by atoms with Crippen LogP contribution >= 0.6 is 0 Å². The molecule has 16 heavy (non-hydrogen) atoms. The molecule has 0 saturated carbocycles. The summed E-state index contributed by atoms with van der Waals surface area (Å²) in [4.78, 5) is 16.2. The third-order valence-corrected chi connectivity index (χ3v) is 2.77. The summed E-state index contributed by atoms with van der Waals surface area (Å²) in [5.74, 6) is 0.370. The largest absolute Gasteiger partial charge is 0.463 e. The molecule has 0 amide bonds. The molecule has 0 spiro atoms. The fraction of sp³-hybridized carbons (Fsp3) is 0.750. The van der Waals surface area contributed by atoms with Gasteiger partial charge in [0.25, 0.3) is 0 Å². The van der Waals surface area contributed by atoms with E-state index in [4.69, 9.17) is 9.57 Å². The van der Waals surface area contributed by atoms with Gasteiger partial charge >= 0.3 is 5.97 Å². The van der Waals surface area contributed by atoms with Gasteiger partial charge in [-0.05, 0) is 12.8 Å². The summed E-state index contributed by atoms with van der Waals surface area (Å²) in [7, 11) is 1.53. The van der Waals surface area contributed by atoms with Crippen LogP contribution in [0.2, 0.25) is 0 Å². The lowest BCUT2D eigenvalue weighted by atomic mass is 9.90. The van der Waals surface area contributed by atoms with Gasteiger partial charge in [-0.15, -0.1) is 0 Å². The van der Waals surface area contributed by atoms with E-state index in [9.17, 15) is 4.79 Å². The lowest BCUT2D eigenvalue weighted by molar-refractivity contribution is -0.137. The van der Waals surface area contributed by atoms with Gasteiger partial charge in [0.1, 0.15) is 0 Å². The monoisotopic (exact) mass is 229 g/mol. The lowest BCUT2D eigenvalue weighted by Crippen LogP contribution is -2.23. The molecular formula is C12H23NO3. The molecule has 0 aromatic rings. The number of hydroxylamine groups is 1. The third kappa shape index (κ3) is 5.16. The zero-order chi connectivity index (χ0) is 12.6. The molecular weight excluding hydrogens is 206 g/mol.